The van der Waals surface area contributed by atoms with Gasteiger partial charge in [-0.1, -0.05) is 11.6 Å². The Morgan fingerprint density at radius 3 is 2.90 bits per heavy atom. The summed E-state index contributed by atoms with van der Waals surface area (Å²) in [6.45, 7) is 2.17. The van der Waals surface area contributed by atoms with Crippen LogP contribution in [0.2, 0.25) is 5.02 Å². The van der Waals surface area contributed by atoms with Crippen LogP contribution in [0.3, 0.4) is 0 Å². The number of aliphatic hydroxyl groups excluding tert-OH is 1. The monoisotopic (exact) mass is 327 g/mol. The number of halogens is 1. The Bertz CT molecular complexity index is 610. The van der Waals surface area contributed by atoms with Crippen molar-refractivity contribution in [2.75, 3.05) is 13.2 Å². The number of aryl methyl sites for hydroxylation is 2. The molecule has 0 aliphatic carbocycles. The molecule has 0 unspecified atom stereocenters. The van der Waals surface area contributed by atoms with Crippen LogP contribution in [0, 0.1) is 12.8 Å². The first kappa shape index (κ1) is 16.0. The van der Waals surface area contributed by atoms with E-state index in [0.29, 0.717) is 23.0 Å². The van der Waals surface area contributed by atoms with Crippen LogP contribution in [-0.4, -0.2) is 33.9 Å². The average molecular weight is 328 g/mol. The topological polar surface area (TPSA) is 67.2 Å². The summed E-state index contributed by atoms with van der Waals surface area (Å²) in [4.78, 5) is 12.2. The Labute approximate surface area is 132 Å². The lowest BCUT2D eigenvalue weighted by molar-refractivity contribution is 0.0930. The van der Waals surface area contributed by atoms with Crippen molar-refractivity contribution in [3.63, 3.8) is 0 Å². The normalized spacial score (nSPS) is 12.4. The second-order valence-corrected chi connectivity index (χ2v) is 6.12. The summed E-state index contributed by atoms with van der Waals surface area (Å²) in [5.41, 5.74) is 2.14. The zero-order valence-corrected chi connectivity index (χ0v) is 13.5. The molecule has 0 fully saturated rings. The highest BCUT2D eigenvalue weighted by molar-refractivity contribution is 7.07. The summed E-state index contributed by atoms with van der Waals surface area (Å²) in [6, 6.07) is 2.02. The minimum Gasteiger partial charge on any atom is -0.396 e. The van der Waals surface area contributed by atoms with Crippen molar-refractivity contribution in [3.05, 3.63) is 38.8 Å². The number of carbonyl (C=O) groups excluding carboxylic acids is 1. The van der Waals surface area contributed by atoms with E-state index in [1.54, 1.807) is 25.3 Å². The number of rotatable bonds is 6. The quantitative estimate of drug-likeness (QED) is 0.853. The lowest BCUT2D eigenvalue weighted by Gasteiger charge is -2.14. The maximum Gasteiger partial charge on any atom is 0.271 e. The highest BCUT2D eigenvalue weighted by Gasteiger charge is 2.19. The second-order valence-electron chi connectivity index (χ2n) is 4.97. The molecule has 2 aromatic rings. The van der Waals surface area contributed by atoms with Gasteiger partial charge < -0.3 is 10.4 Å². The highest BCUT2D eigenvalue weighted by atomic mass is 35.5. The molecule has 2 N–H and O–H groups in total. The number of aliphatic hydroxyl groups is 1. The maximum absolute atomic E-state index is 12.2. The Kier molecular flexibility index (Phi) is 5.39. The molecule has 2 rings (SSSR count). The van der Waals surface area contributed by atoms with E-state index in [-0.39, 0.29) is 18.4 Å². The standard InChI is InChI=1S/C14H18ClN3O2S/c1-9-12(15)13(18(2)17-9)14(20)16-6-11(7-19)5-10-3-4-21-8-10/h3-4,8,11,19H,5-7H2,1-2H3,(H,16,20)/t11-/m1/s1. The Morgan fingerprint density at radius 1 is 1.62 bits per heavy atom. The number of nitrogens with one attached hydrogen (secondary N) is 1. The van der Waals surface area contributed by atoms with Crippen LogP contribution in [-0.2, 0) is 13.5 Å². The van der Waals surface area contributed by atoms with Crippen LogP contribution < -0.4 is 5.32 Å². The molecule has 114 valence electrons. The summed E-state index contributed by atoms with van der Waals surface area (Å²) < 4.78 is 1.47. The molecule has 0 aliphatic heterocycles. The molecule has 0 radical (unpaired) electrons. The summed E-state index contributed by atoms with van der Waals surface area (Å²) in [6.07, 6.45) is 0.735. The van der Waals surface area contributed by atoms with E-state index in [1.807, 2.05) is 16.8 Å². The molecule has 1 amide bonds. The van der Waals surface area contributed by atoms with Crippen molar-refractivity contribution in [2.45, 2.75) is 13.3 Å². The van der Waals surface area contributed by atoms with Crippen LogP contribution in [0.15, 0.2) is 16.8 Å². The number of amides is 1. The third kappa shape index (κ3) is 3.84. The van der Waals surface area contributed by atoms with Gasteiger partial charge in [0.05, 0.1) is 10.7 Å². The average Bonchev–Trinajstić information content (AvgIpc) is 3.04. The van der Waals surface area contributed by atoms with Gasteiger partial charge in [-0.25, -0.2) is 0 Å². The number of thiophene rings is 1. The first-order chi connectivity index (χ1) is 10.0. The molecule has 0 bridgehead atoms. The van der Waals surface area contributed by atoms with Gasteiger partial charge in [-0.3, -0.25) is 9.48 Å². The minimum atomic E-state index is -0.271. The van der Waals surface area contributed by atoms with Crippen LogP contribution in [0.25, 0.3) is 0 Å². The molecule has 0 spiro atoms. The molecule has 0 saturated heterocycles. The van der Waals surface area contributed by atoms with Crippen LogP contribution >= 0.6 is 22.9 Å². The fourth-order valence-electron chi connectivity index (χ4n) is 2.14. The first-order valence-corrected chi connectivity index (χ1v) is 7.94. The number of hydrogen-bond acceptors (Lipinski definition) is 4. The van der Waals surface area contributed by atoms with Crippen molar-refractivity contribution in [2.24, 2.45) is 13.0 Å². The van der Waals surface area contributed by atoms with Crippen molar-refractivity contribution < 1.29 is 9.90 Å². The molecule has 0 aliphatic rings. The van der Waals surface area contributed by atoms with Crippen LogP contribution in [0.1, 0.15) is 21.7 Å². The maximum atomic E-state index is 12.2. The zero-order chi connectivity index (χ0) is 15.4. The summed E-state index contributed by atoms with van der Waals surface area (Å²) in [5, 5.41) is 20.8. The largest absolute Gasteiger partial charge is 0.396 e. The van der Waals surface area contributed by atoms with E-state index in [1.165, 1.54) is 10.2 Å². The van der Waals surface area contributed by atoms with Gasteiger partial charge in [-0.2, -0.15) is 16.4 Å². The number of nitrogens with zero attached hydrogens (tertiary/aromatic N) is 2. The van der Waals surface area contributed by atoms with Crippen molar-refractivity contribution in [1.82, 2.24) is 15.1 Å². The van der Waals surface area contributed by atoms with Gasteiger partial charge in [0.2, 0.25) is 0 Å². The first-order valence-electron chi connectivity index (χ1n) is 6.62. The fourth-order valence-corrected chi connectivity index (χ4v) is 3.07. The minimum absolute atomic E-state index is 0.0170. The Balaban J connectivity index is 1.96. The Morgan fingerprint density at radius 2 is 2.38 bits per heavy atom. The van der Waals surface area contributed by atoms with Crippen LogP contribution in [0.5, 0.6) is 0 Å². The van der Waals surface area contributed by atoms with E-state index < -0.39 is 0 Å². The Hall–Kier alpha value is -1.37. The molecule has 0 aromatic carbocycles. The predicted molar refractivity (Wildman–Crippen MR) is 83.9 cm³/mol. The van der Waals surface area contributed by atoms with Gasteiger partial charge in [-0.05, 0) is 35.7 Å². The van der Waals surface area contributed by atoms with Crippen molar-refractivity contribution >= 4 is 28.8 Å². The molecule has 1 atom stereocenters. The highest BCUT2D eigenvalue weighted by Crippen LogP contribution is 2.19. The van der Waals surface area contributed by atoms with E-state index in [0.717, 1.165) is 6.42 Å². The van der Waals surface area contributed by atoms with Gasteiger partial charge in [0.1, 0.15) is 5.69 Å². The summed E-state index contributed by atoms with van der Waals surface area (Å²) in [7, 11) is 1.68. The van der Waals surface area contributed by atoms with Gasteiger partial charge in [0.25, 0.3) is 5.91 Å². The van der Waals surface area contributed by atoms with Crippen LogP contribution in [0.4, 0.5) is 0 Å². The number of carbonyl (C=O) groups is 1. The molecular weight excluding hydrogens is 310 g/mol. The van der Waals surface area contributed by atoms with Gasteiger partial charge in [0, 0.05) is 26.1 Å². The predicted octanol–water partition coefficient (Wildman–Crippen LogP) is 2.02. The molecule has 7 heteroatoms. The molecule has 5 nitrogen and oxygen atoms in total. The molecule has 0 saturated carbocycles. The number of hydrogen-bond donors (Lipinski definition) is 2. The molecular formula is C14H18ClN3O2S. The smallest absolute Gasteiger partial charge is 0.271 e. The summed E-state index contributed by atoms with van der Waals surface area (Å²) >= 11 is 7.70. The second kappa shape index (κ2) is 7.06. The van der Waals surface area contributed by atoms with Crippen molar-refractivity contribution in [1.29, 1.82) is 0 Å². The lowest BCUT2D eigenvalue weighted by Crippen LogP contribution is -2.33. The number of aromatic nitrogens is 2. The van der Waals surface area contributed by atoms with E-state index in [4.69, 9.17) is 11.6 Å². The van der Waals surface area contributed by atoms with Gasteiger partial charge in [0.15, 0.2) is 0 Å². The van der Waals surface area contributed by atoms with E-state index in [9.17, 15) is 9.90 Å². The SMILES string of the molecule is Cc1nn(C)c(C(=O)NC[C@H](CO)Cc2ccsc2)c1Cl. The summed E-state index contributed by atoms with van der Waals surface area (Å²) in [5.74, 6) is -0.288. The molecule has 2 aromatic heterocycles. The van der Waals surface area contributed by atoms with E-state index in [2.05, 4.69) is 10.4 Å². The van der Waals surface area contributed by atoms with Gasteiger partial charge in [-0.15, -0.1) is 0 Å². The lowest BCUT2D eigenvalue weighted by atomic mass is 10.0. The zero-order valence-electron chi connectivity index (χ0n) is 12.0. The third-order valence-electron chi connectivity index (χ3n) is 3.28. The molecule has 2 heterocycles. The third-order valence-corrected chi connectivity index (χ3v) is 4.46. The fraction of sp³-hybridized carbons (Fsp3) is 0.429. The molecule has 21 heavy (non-hydrogen) atoms. The van der Waals surface area contributed by atoms with Gasteiger partial charge >= 0.3 is 0 Å². The van der Waals surface area contributed by atoms with E-state index >= 15 is 0 Å². The van der Waals surface area contributed by atoms with Crippen molar-refractivity contribution in [3.8, 4) is 0 Å².